The summed E-state index contributed by atoms with van der Waals surface area (Å²) in [5.41, 5.74) is 1.68. The van der Waals surface area contributed by atoms with E-state index in [1.165, 1.54) is 0 Å². The Kier molecular flexibility index (Phi) is 5.53. The van der Waals surface area contributed by atoms with E-state index in [0.29, 0.717) is 13.2 Å². The van der Waals surface area contributed by atoms with E-state index in [-0.39, 0.29) is 17.4 Å². The van der Waals surface area contributed by atoms with Gasteiger partial charge in [0.2, 0.25) is 0 Å². The number of hydrogen-bond acceptors (Lipinski definition) is 4. The summed E-state index contributed by atoms with van der Waals surface area (Å²) in [5, 5.41) is 14.8. The maximum absolute atomic E-state index is 12.8. The van der Waals surface area contributed by atoms with Crippen molar-refractivity contribution in [3.63, 3.8) is 0 Å². The minimum atomic E-state index is -4.31. The number of halogens is 3. The number of fused-ring (bicyclic) bond motifs is 1. The first-order valence-corrected chi connectivity index (χ1v) is 11.2. The van der Waals surface area contributed by atoms with Gasteiger partial charge in [0.15, 0.2) is 0 Å². The number of nitrogens with one attached hydrogen (secondary N) is 2. The highest BCUT2D eigenvalue weighted by Crippen LogP contribution is 2.41. The molecule has 2 unspecified atom stereocenters. The summed E-state index contributed by atoms with van der Waals surface area (Å²) in [6.45, 7) is 3.17. The molecule has 5 nitrogen and oxygen atoms in total. The highest BCUT2D eigenvalue weighted by Gasteiger charge is 2.38. The number of alkyl halides is 3. The second kappa shape index (κ2) is 8.25. The molecule has 0 amide bonds. The Morgan fingerprint density at radius 1 is 1.18 bits per heavy atom. The molecule has 1 aromatic heterocycles. The van der Waals surface area contributed by atoms with Crippen LogP contribution in [0.5, 0.6) is 5.75 Å². The van der Waals surface area contributed by atoms with Crippen LogP contribution in [0.4, 0.5) is 18.9 Å². The van der Waals surface area contributed by atoms with Gasteiger partial charge in [-0.3, -0.25) is 0 Å². The van der Waals surface area contributed by atoms with Crippen LogP contribution in [-0.2, 0) is 10.9 Å². The van der Waals surface area contributed by atoms with Crippen LogP contribution in [0.2, 0.25) is 0 Å². The fraction of sp³-hybridized carbons (Fsp3) is 0.440. The van der Waals surface area contributed by atoms with Gasteiger partial charge in [-0.1, -0.05) is 19.1 Å². The van der Waals surface area contributed by atoms with E-state index in [4.69, 9.17) is 9.47 Å². The van der Waals surface area contributed by atoms with Crippen LogP contribution in [0, 0.1) is 5.41 Å². The number of aliphatic hydroxyl groups is 1. The van der Waals surface area contributed by atoms with Crippen molar-refractivity contribution in [3.05, 3.63) is 59.8 Å². The van der Waals surface area contributed by atoms with Crippen LogP contribution in [-0.4, -0.2) is 35.6 Å². The average molecular weight is 460 g/mol. The topological polar surface area (TPSA) is 66.5 Å². The minimum absolute atomic E-state index is 0.0187. The Hall–Kier alpha value is -2.71. The number of aromatic nitrogens is 1. The van der Waals surface area contributed by atoms with E-state index < -0.39 is 18.0 Å². The number of hydrogen-bond donors (Lipinski definition) is 3. The first-order chi connectivity index (χ1) is 15.7. The molecule has 33 heavy (non-hydrogen) atoms. The standard InChI is InChI=1S/C25H27F3N2O3/c1-24(8-9-32-14-24)23(31)30-22-13-29-21-7-6-18(12-20(21)22)33-19-10-16(11-19)15-2-4-17(5-3-15)25(26,27)28/h2-7,12-13,16,19,23,29-31H,8-11,14H2,1H3. The highest BCUT2D eigenvalue weighted by atomic mass is 19.4. The molecule has 8 heteroatoms. The van der Waals surface area contributed by atoms with E-state index in [1.54, 1.807) is 12.1 Å². The van der Waals surface area contributed by atoms with Gasteiger partial charge in [-0.25, -0.2) is 0 Å². The van der Waals surface area contributed by atoms with Crippen molar-refractivity contribution >= 4 is 16.6 Å². The molecule has 0 bridgehead atoms. The lowest BCUT2D eigenvalue weighted by Gasteiger charge is -2.36. The lowest BCUT2D eigenvalue weighted by atomic mass is 9.77. The smallest absolute Gasteiger partial charge is 0.416 e. The summed E-state index contributed by atoms with van der Waals surface area (Å²) < 4.78 is 49.9. The normalized spacial score (nSPS) is 26.2. The Labute approximate surface area is 189 Å². The zero-order valence-corrected chi connectivity index (χ0v) is 18.3. The predicted molar refractivity (Wildman–Crippen MR) is 119 cm³/mol. The van der Waals surface area contributed by atoms with Gasteiger partial charge >= 0.3 is 6.18 Å². The molecule has 1 aliphatic heterocycles. The highest BCUT2D eigenvalue weighted by molar-refractivity contribution is 5.93. The molecular formula is C25H27F3N2O3. The van der Waals surface area contributed by atoms with E-state index in [1.807, 2.05) is 31.3 Å². The molecule has 1 saturated heterocycles. The van der Waals surface area contributed by atoms with E-state index in [9.17, 15) is 18.3 Å². The van der Waals surface area contributed by atoms with E-state index >= 15 is 0 Å². The molecule has 2 aliphatic rings. The molecule has 2 aromatic carbocycles. The van der Waals surface area contributed by atoms with Gasteiger partial charge in [0.05, 0.1) is 24.0 Å². The van der Waals surface area contributed by atoms with Crippen LogP contribution in [0.15, 0.2) is 48.7 Å². The largest absolute Gasteiger partial charge is 0.490 e. The van der Waals surface area contributed by atoms with Crippen molar-refractivity contribution < 1.29 is 27.8 Å². The number of anilines is 1. The number of aliphatic hydroxyl groups excluding tert-OH is 1. The molecule has 2 fully saturated rings. The number of ether oxygens (including phenoxy) is 2. The van der Waals surface area contributed by atoms with Gasteiger partial charge in [0.25, 0.3) is 0 Å². The Morgan fingerprint density at radius 3 is 2.61 bits per heavy atom. The Morgan fingerprint density at radius 2 is 1.94 bits per heavy atom. The van der Waals surface area contributed by atoms with Crippen LogP contribution >= 0.6 is 0 Å². The van der Waals surface area contributed by atoms with Gasteiger partial charge in [0.1, 0.15) is 12.0 Å². The monoisotopic (exact) mass is 460 g/mol. The SMILES string of the molecule is CC1(C(O)Nc2c[nH]c3ccc(OC4CC(c5ccc(C(F)(F)F)cc5)C4)cc23)CCOC1. The summed E-state index contributed by atoms with van der Waals surface area (Å²) in [4.78, 5) is 3.21. The summed E-state index contributed by atoms with van der Waals surface area (Å²) in [7, 11) is 0. The number of rotatable bonds is 6. The lowest BCUT2D eigenvalue weighted by Crippen LogP contribution is -2.38. The maximum Gasteiger partial charge on any atom is 0.416 e. The summed E-state index contributed by atoms with van der Waals surface area (Å²) in [5.74, 6) is 0.931. The maximum atomic E-state index is 12.8. The quantitative estimate of drug-likeness (QED) is 0.415. The summed E-state index contributed by atoms with van der Waals surface area (Å²) in [6.07, 6.45) is -0.879. The van der Waals surface area contributed by atoms with Gasteiger partial charge in [-0.2, -0.15) is 13.2 Å². The lowest BCUT2D eigenvalue weighted by molar-refractivity contribution is -0.137. The van der Waals surface area contributed by atoms with E-state index in [2.05, 4.69) is 10.3 Å². The fourth-order valence-corrected chi connectivity index (χ4v) is 4.58. The third-order valence-electron chi connectivity index (χ3n) is 6.96. The third kappa shape index (κ3) is 4.42. The Balaban J connectivity index is 1.22. The van der Waals surface area contributed by atoms with Crippen molar-refractivity contribution in [2.45, 2.75) is 50.6 Å². The molecule has 3 aromatic rings. The van der Waals surface area contributed by atoms with Crippen LogP contribution < -0.4 is 10.1 Å². The molecule has 1 aliphatic carbocycles. The second-order valence-electron chi connectivity index (χ2n) is 9.44. The average Bonchev–Trinajstić information content (AvgIpc) is 3.37. The molecule has 3 N–H and O–H groups in total. The minimum Gasteiger partial charge on any atom is -0.490 e. The van der Waals surface area contributed by atoms with Gasteiger partial charge in [-0.05, 0) is 61.1 Å². The van der Waals surface area contributed by atoms with Gasteiger partial charge < -0.3 is 24.9 Å². The molecule has 0 spiro atoms. The zero-order valence-electron chi connectivity index (χ0n) is 18.3. The van der Waals surface area contributed by atoms with Crippen molar-refractivity contribution in [2.75, 3.05) is 18.5 Å². The number of benzene rings is 2. The first kappa shape index (κ1) is 22.1. The number of aromatic amines is 1. The third-order valence-corrected chi connectivity index (χ3v) is 6.96. The fourth-order valence-electron chi connectivity index (χ4n) is 4.58. The second-order valence-corrected chi connectivity index (χ2v) is 9.44. The summed E-state index contributed by atoms with van der Waals surface area (Å²) in [6, 6.07) is 11.2. The molecule has 2 atom stereocenters. The number of H-pyrrole nitrogens is 1. The van der Waals surface area contributed by atoms with Crippen LogP contribution in [0.25, 0.3) is 10.9 Å². The molecule has 1 saturated carbocycles. The molecule has 2 heterocycles. The van der Waals surface area contributed by atoms with Gasteiger partial charge in [0, 0.05) is 29.1 Å². The first-order valence-electron chi connectivity index (χ1n) is 11.2. The molecule has 0 radical (unpaired) electrons. The summed E-state index contributed by atoms with van der Waals surface area (Å²) >= 11 is 0. The van der Waals surface area contributed by atoms with Crippen molar-refractivity contribution in [3.8, 4) is 5.75 Å². The van der Waals surface area contributed by atoms with Crippen molar-refractivity contribution in [2.24, 2.45) is 5.41 Å². The Bertz CT molecular complexity index is 1110. The predicted octanol–water partition coefficient (Wildman–Crippen LogP) is 5.67. The van der Waals surface area contributed by atoms with Crippen LogP contribution in [0.1, 0.15) is 43.2 Å². The van der Waals surface area contributed by atoms with Crippen molar-refractivity contribution in [1.82, 2.24) is 4.98 Å². The molecule has 176 valence electrons. The molecule has 5 rings (SSSR count). The van der Waals surface area contributed by atoms with Gasteiger partial charge in [-0.15, -0.1) is 0 Å². The van der Waals surface area contributed by atoms with E-state index in [0.717, 1.165) is 59.3 Å². The van der Waals surface area contributed by atoms with Crippen LogP contribution in [0.3, 0.4) is 0 Å². The van der Waals surface area contributed by atoms with Crippen molar-refractivity contribution in [1.29, 1.82) is 0 Å². The zero-order chi connectivity index (χ0) is 23.2. The molecular weight excluding hydrogens is 433 g/mol.